The smallest absolute Gasteiger partial charge is 0.347 e. The van der Waals surface area contributed by atoms with Gasteiger partial charge in [-0.2, -0.15) is 0 Å². The molecule has 4 rings (SSSR count). The van der Waals surface area contributed by atoms with E-state index in [9.17, 15) is 9.90 Å². The van der Waals surface area contributed by atoms with E-state index in [1.165, 1.54) is 0 Å². The van der Waals surface area contributed by atoms with Crippen molar-refractivity contribution in [3.05, 3.63) is 59.7 Å². The van der Waals surface area contributed by atoms with Gasteiger partial charge in [-0.1, -0.05) is 0 Å². The molecule has 0 fully saturated rings. The summed E-state index contributed by atoms with van der Waals surface area (Å²) < 4.78 is 10.8. The molecule has 0 amide bonds. The summed E-state index contributed by atoms with van der Waals surface area (Å²) in [6, 6.07) is 7.07. The van der Waals surface area contributed by atoms with Gasteiger partial charge in [0.25, 0.3) is 0 Å². The molecule has 140 valence electrons. The zero-order chi connectivity index (χ0) is 19.5. The van der Waals surface area contributed by atoms with Crippen LogP contribution < -0.4 is 5.32 Å². The van der Waals surface area contributed by atoms with E-state index in [0.717, 1.165) is 5.56 Å². The number of aromatic hydroxyl groups is 1. The van der Waals surface area contributed by atoms with Gasteiger partial charge in [-0.3, -0.25) is 4.98 Å². The fourth-order valence-electron chi connectivity index (χ4n) is 2.77. The van der Waals surface area contributed by atoms with Crippen molar-refractivity contribution >= 4 is 41.2 Å². The lowest BCUT2D eigenvalue weighted by molar-refractivity contribution is 0.0524. The first-order valence-corrected chi connectivity index (χ1v) is 8.58. The maximum Gasteiger partial charge on any atom is 0.347 e. The quantitative estimate of drug-likeness (QED) is 0.649. The highest BCUT2D eigenvalue weighted by Gasteiger charge is 2.27. The molecule has 28 heavy (non-hydrogen) atoms. The summed E-state index contributed by atoms with van der Waals surface area (Å²) >= 11 is 0. The van der Waals surface area contributed by atoms with Crippen LogP contribution in [-0.2, 0) is 4.74 Å². The minimum absolute atomic E-state index is 0.0770. The van der Waals surface area contributed by atoms with Gasteiger partial charge in [-0.25, -0.2) is 14.8 Å². The summed E-state index contributed by atoms with van der Waals surface area (Å²) in [7, 11) is 0. The number of allylic oxidation sites excluding steroid dienone is 1. The minimum Gasteiger partial charge on any atom is -0.504 e. The number of esters is 1. The fourth-order valence-corrected chi connectivity index (χ4v) is 2.77. The molecular formula is C20H16N4O4. The first-order valence-electron chi connectivity index (χ1n) is 8.58. The summed E-state index contributed by atoms with van der Waals surface area (Å²) in [6.07, 6.45) is 8.07. The van der Waals surface area contributed by atoms with Crippen LogP contribution in [-0.4, -0.2) is 33.9 Å². The monoisotopic (exact) mass is 376 g/mol. The molecule has 0 saturated carbocycles. The number of nitrogens with one attached hydrogen (secondary N) is 1. The second-order valence-corrected chi connectivity index (χ2v) is 5.83. The van der Waals surface area contributed by atoms with Crippen molar-refractivity contribution < 1.29 is 19.1 Å². The molecule has 8 nitrogen and oxygen atoms in total. The molecule has 0 atom stereocenters. The Balaban J connectivity index is 1.77. The average Bonchev–Trinajstić information content (AvgIpc) is 3.24. The molecule has 0 saturated heterocycles. The Morgan fingerprint density at radius 2 is 2.11 bits per heavy atom. The van der Waals surface area contributed by atoms with E-state index in [1.807, 2.05) is 6.07 Å². The maximum atomic E-state index is 12.4. The van der Waals surface area contributed by atoms with Gasteiger partial charge < -0.3 is 19.6 Å². The highest BCUT2D eigenvalue weighted by molar-refractivity contribution is 6.21. The van der Waals surface area contributed by atoms with Gasteiger partial charge in [0.2, 0.25) is 5.88 Å². The van der Waals surface area contributed by atoms with Crippen molar-refractivity contribution in [3.63, 3.8) is 0 Å². The number of fused-ring (bicyclic) bond motifs is 1. The number of ether oxygens (including phenoxy) is 1. The Morgan fingerprint density at radius 3 is 2.89 bits per heavy atom. The molecule has 2 N–H and O–H groups in total. The second-order valence-electron chi connectivity index (χ2n) is 5.83. The Kier molecular flexibility index (Phi) is 4.59. The zero-order valence-corrected chi connectivity index (χ0v) is 14.9. The Labute approximate surface area is 160 Å². The number of anilines is 2. The molecule has 0 aromatic carbocycles. The van der Waals surface area contributed by atoms with Crippen LogP contribution in [0.1, 0.15) is 28.6 Å². The largest absolute Gasteiger partial charge is 0.504 e. The SMILES string of the molecule is CCOC(=O)c1c(Nc2ccncc2)oc(C=C2C=Nc3ncccc32)c1O. The van der Waals surface area contributed by atoms with Gasteiger partial charge in [0, 0.05) is 41.6 Å². The molecule has 0 spiro atoms. The van der Waals surface area contributed by atoms with Crippen LogP contribution in [0.3, 0.4) is 0 Å². The highest BCUT2D eigenvalue weighted by atomic mass is 16.5. The van der Waals surface area contributed by atoms with Gasteiger partial charge in [0.15, 0.2) is 22.9 Å². The van der Waals surface area contributed by atoms with Crippen LogP contribution in [0.25, 0.3) is 11.6 Å². The molecule has 4 heterocycles. The minimum atomic E-state index is -0.688. The molecule has 3 aromatic heterocycles. The summed E-state index contributed by atoms with van der Waals surface area (Å²) in [4.78, 5) is 24.7. The first-order chi connectivity index (χ1) is 13.7. The van der Waals surface area contributed by atoms with E-state index in [1.54, 1.807) is 56.0 Å². The lowest BCUT2D eigenvalue weighted by Gasteiger charge is -2.05. The molecule has 0 aliphatic carbocycles. The first kappa shape index (κ1) is 17.5. The topological polar surface area (TPSA) is 110 Å². The number of pyridine rings is 2. The van der Waals surface area contributed by atoms with Gasteiger partial charge in [0.1, 0.15) is 0 Å². The molecule has 1 aliphatic heterocycles. The number of aliphatic imine (C=N–C) groups is 1. The van der Waals surface area contributed by atoms with E-state index in [-0.39, 0.29) is 29.6 Å². The van der Waals surface area contributed by atoms with Gasteiger partial charge >= 0.3 is 5.97 Å². The normalized spacial score (nSPS) is 13.5. The van der Waals surface area contributed by atoms with Crippen molar-refractivity contribution in [3.8, 4) is 5.75 Å². The molecule has 0 radical (unpaired) electrons. The molecular weight excluding hydrogens is 360 g/mol. The molecule has 1 aliphatic rings. The third kappa shape index (κ3) is 3.23. The van der Waals surface area contributed by atoms with E-state index in [2.05, 4.69) is 20.3 Å². The van der Waals surface area contributed by atoms with Gasteiger partial charge in [0.05, 0.1) is 6.61 Å². The predicted molar refractivity (Wildman–Crippen MR) is 104 cm³/mol. The van der Waals surface area contributed by atoms with E-state index in [0.29, 0.717) is 17.1 Å². The summed E-state index contributed by atoms with van der Waals surface area (Å²) in [5, 5.41) is 13.6. The van der Waals surface area contributed by atoms with E-state index >= 15 is 0 Å². The van der Waals surface area contributed by atoms with Crippen molar-refractivity contribution in [1.82, 2.24) is 9.97 Å². The number of furan rings is 1. The van der Waals surface area contributed by atoms with Crippen LogP contribution in [0.2, 0.25) is 0 Å². The molecule has 3 aromatic rings. The maximum absolute atomic E-state index is 12.4. The molecule has 8 heteroatoms. The van der Waals surface area contributed by atoms with Gasteiger partial charge in [-0.15, -0.1) is 0 Å². The standard InChI is InChI=1S/C20H16N4O4/c1-2-27-20(26)16-17(25)15(28-19(16)24-13-5-8-21-9-6-13)10-12-11-23-18-14(12)4-3-7-22-18/h3-11,25H,2H2,1H3,(H,21,24). The van der Waals surface area contributed by atoms with Crippen molar-refractivity contribution in [1.29, 1.82) is 0 Å². The van der Waals surface area contributed by atoms with E-state index < -0.39 is 5.97 Å². The van der Waals surface area contributed by atoms with E-state index in [4.69, 9.17) is 9.15 Å². The van der Waals surface area contributed by atoms with Crippen LogP contribution in [0.4, 0.5) is 17.4 Å². The number of nitrogens with zero attached hydrogens (tertiary/aromatic N) is 3. The third-order valence-corrected chi connectivity index (χ3v) is 4.04. The van der Waals surface area contributed by atoms with Crippen molar-refractivity contribution in [2.45, 2.75) is 6.92 Å². The van der Waals surface area contributed by atoms with Crippen LogP contribution in [0.15, 0.2) is 52.3 Å². The van der Waals surface area contributed by atoms with Gasteiger partial charge in [-0.05, 0) is 37.3 Å². The average molecular weight is 376 g/mol. The molecule has 0 unspecified atom stereocenters. The number of rotatable bonds is 5. The molecule has 0 bridgehead atoms. The number of hydrogen-bond acceptors (Lipinski definition) is 8. The Hall–Kier alpha value is -3.94. The zero-order valence-electron chi connectivity index (χ0n) is 14.9. The summed E-state index contributed by atoms with van der Waals surface area (Å²) in [5.41, 5.74) is 2.08. The Bertz CT molecular complexity index is 1090. The van der Waals surface area contributed by atoms with Crippen LogP contribution in [0, 0.1) is 0 Å². The fraction of sp³-hybridized carbons (Fsp3) is 0.100. The number of carbonyl (C=O) groups excluding carboxylic acids is 1. The second kappa shape index (κ2) is 7.36. The predicted octanol–water partition coefficient (Wildman–Crippen LogP) is 3.95. The number of hydrogen-bond donors (Lipinski definition) is 2. The summed E-state index contributed by atoms with van der Waals surface area (Å²) in [5.74, 6) is -0.228. The summed E-state index contributed by atoms with van der Waals surface area (Å²) in [6.45, 7) is 1.85. The van der Waals surface area contributed by atoms with Crippen molar-refractivity contribution in [2.24, 2.45) is 4.99 Å². The Morgan fingerprint density at radius 1 is 1.29 bits per heavy atom. The highest BCUT2D eigenvalue weighted by Crippen LogP contribution is 2.39. The lowest BCUT2D eigenvalue weighted by atomic mass is 10.1. The third-order valence-electron chi connectivity index (χ3n) is 4.04. The number of aromatic nitrogens is 2. The van der Waals surface area contributed by atoms with Crippen LogP contribution >= 0.6 is 0 Å². The lowest BCUT2D eigenvalue weighted by Crippen LogP contribution is -2.06. The number of carbonyl (C=O) groups is 1. The van der Waals surface area contributed by atoms with Crippen LogP contribution in [0.5, 0.6) is 5.75 Å². The van der Waals surface area contributed by atoms with Crippen molar-refractivity contribution in [2.75, 3.05) is 11.9 Å².